The largest absolute Gasteiger partial charge is 0.494 e. The highest BCUT2D eigenvalue weighted by atomic mass is 19.1. The van der Waals surface area contributed by atoms with Crippen LogP contribution in [0.5, 0.6) is 5.75 Å². The predicted molar refractivity (Wildman–Crippen MR) is 52.0 cm³/mol. The third-order valence-corrected chi connectivity index (χ3v) is 2.23. The van der Waals surface area contributed by atoms with Gasteiger partial charge in [-0.2, -0.15) is 0 Å². The number of hydrogen-bond acceptors (Lipinski definition) is 2. The molecule has 82 valence electrons. The summed E-state index contributed by atoms with van der Waals surface area (Å²) in [6.07, 6.45) is 0.838. The maximum absolute atomic E-state index is 13.6. The number of aldehydes is 1. The van der Waals surface area contributed by atoms with Crippen molar-refractivity contribution < 1.29 is 18.3 Å². The number of ether oxygens (including phenoxy) is 1. The predicted octanol–water partition coefficient (Wildman–Crippen LogP) is 2.67. The minimum Gasteiger partial charge on any atom is -0.494 e. The van der Waals surface area contributed by atoms with Crippen molar-refractivity contribution in [3.63, 3.8) is 0 Å². The molecule has 15 heavy (non-hydrogen) atoms. The zero-order valence-corrected chi connectivity index (χ0v) is 8.59. The highest BCUT2D eigenvalue weighted by Gasteiger charge is 2.16. The molecular formula is C11H12F2O2. The molecule has 1 unspecified atom stereocenters. The second kappa shape index (κ2) is 4.87. The van der Waals surface area contributed by atoms with E-state index in [2.05, 4.69) is 0 Å². The molecule has 1 rings (SSSR count). The van der Waals surface area contributed by atoms with Gasteiger partial charge in [0, 0.05) is 12.5 Å². The fourth-order valence-electron chi connectivity index (χ4n) is 1.36. The molecule has 0 heterocycles. The topological polar surface area (TPSA) is 26.3 Å². The molecule has 0 saturated heterocycles. The lowest BCUT2D eigenvalue weighted by molar-refractivity contribution is -0.108. The summed E-state index contributed by atoms with van der Waals surface area (Å²) in [5.41, 5.74) is 0.166. The summed E-state index contributed by atoms with van der Waals surface area (Å²) in [6.45, 7) is 1.66. The monoisotopic (exact) mass is 214 g/mol. The first-order valence-corrected chi connectivity index (χ1v) is 4.56. The Kier molecular flexibility index (Phi) is 3.77. The van der Waals surface area contributed by atoms with Crippen molar-refractivity contribution in [3.05, 3.63) is 29.3 Å². The van der Waals surface area contributed by atoms with Gasteiger partial charge in [-0.3, -0.25) is 0 Å². The van der Waals surface area contributed by atoms with Gasteiger partial charge in [-0.05, 0) is 17.5 Å². The van der Waals surface area contributed by atoms with Gasteiger partial charge in [0.2, 0.25) is 0 Å². The van der Waals surface area contributed by atoms with E-state index >= 15 is 0 Å². The SMILES string of the molecule is COc1cc(F)cc(C(C)CC=O)c1F. The van der Waals surface area contributed by atoms with Crippen molar-refractivity contribution in [1.29, 1.82) is 0 Å². The fraction of sp³-hybridized carbons (Fsp3) is 0.364. The van der Waals surface area contributed by atoms with Crippen molar-refractivity contribution in [2.24, 2.45) is 0 Å². The van der Waals surface area contributed by atoms with Crippen molar-refractivity contribution >= 4 is 6.29 Å². The Morgan fingerprint density at radius 2 is 2.13 bits per heavy atom. The van der Waals surface area contributed by atoms with Crippen LogP contribution in [-0.4, -0.2) is 13.4 Å². The molecule has 0 N–H and O–H groups in total. The van der Waals surface area contributed by atoms with E-state index in [4.69, 9.17) is 4.74 Å². The third-order valence-electron chi connectivity index (χ3n) is 2.23. The Morgan fingerprint density at radius 1 is 1.47 bits per heavy atom. The Labute approximate surface area is 86.9 Å². The first-order valence-electron chi connectivity index (χ1n) is 4.56. The van der Waals surface area contributed by atoms with Crippen LogP contribution >= 0.6 is 0 Å². The zero-order valence-electron chi connectivity index (χ0n) is 8.59. The second-order valence-electron chi connectivity index (χ2n) is 3.31. The second-order valence-corrected chi connectivity index (χ2v) is 3.31. The number of halogens is 2. The van der Waals surface area contributed by atoms with E-state index in [-0.39, 0.29) is 23.7 Å². The van der Waals surface area contributed by atoms with Gasteiger partial charge in [-0.25, -0.2) is 8.78 Å². The molecule has 1 aromatic carbocycles. The van der Waals surface area contributed by atoms with Crippen LogP contribution in [0.2, 0.25) is 0 Å². The van der Waals surface area contributed by atoms with Gasteiger partial charge < -0.3 is 9.53 Å². The van der Waals surface area contributed by atoms with Crippen LogP contribution in [0.3, 0.4) is 0 Å². The molecule has 0 radical (unpaired) electrons. The summed E-state index contributed by atoms with van der Waals surface area (Å²) in [7, 11) is 1.27. The van der Waals surface area contributed by atoms with Crippen LogP contribution in [0.15, 0.2) is 12.1 Å². The lowest BCUT2D eigenvalue weighted by Crippen LogP contribution is -2.01. The summed E-state index contributed by atoms with van der Waals surface area (Å²) in [4.78, 5) is 10.3. The van der Waals surface area contributed by atoms with Crippen LogP contribution in [0.4, 0.5) is 8.78 Å². The molecule has 0 saturated carbocycles. The quantitative estimate of drug-likeness (QED) is 0.720. The van der Waals surface area contributed by atoms with E-state index in [0.717, 1.165) is 12.1 Å². The summed E-state index contributed by atoms with van der Waals surface area (Å²) in [5, 5.41) is 0. The first-order chi connectivity index (χ1) is 7.10. The van der Waals surface area contributed by atoms with Crippen LogP contribution < -0.4 is 4.74 Å². The van der Waals surface area contributed by atoms with Crippen LogP contribution in [0.1, 0.15) is 24.8 Å². The average Bonchev–Trinajstić information content (AvgIpc) is 2.21. The molecule has 0 aliphatic rings. The van der Waals surface area contributed by atoms with Crippen LogP contribution in [0, 0.1) is 11.6 Å². The maximum Gasteiger partial charge on any atom is 0.168 e. The Morgan fingerprint density at radius 3 is 2.67 bits per heavy atom. The Hall–Kier alpha value is -1.45. The average molecular weight is 214 g/mol. The summed E-state index contributed by atoms with van der Waals surface area (Å²) in [5.74, 6) is -1.66. The van der Waals surface area contributed by atoms with E-state index in [1.54, 1.807) is 6.92 Å². The molecule has 1 atom stereocenters. The highest BCUT2D eigenvalue weighted by Crippen LogP contribution is 2.28. The highest BCUT2D eigenvalue weighted by molar-refractivity contribution is 5.52. The number of hydrogen-bond donors (Lipinski definition) is 0. The zero-order chi connectivity index (χ0) is 11.4. The van der Waals surface area contributed by atoms with Gasteiger partial charge in [0.1, 0.15) is 12.1 Å². The third kappa shape index (κ3) is 2.52. The molecule has 0 aliphatic heterocycles. The summed E-state index contributed by atoms with van der Waals surface area (Å²) < 4.78 is 31.4. The van der Waals surface area contributed by atoms with Crippen LogP contribution in [-0.2, 0) is 4.79 Å². The smallest absolute Gasteiger partial charge is 0.168 e. The Bertz CT molecular complexity index is 364. The van der Waals surface area contributed by atoms with E-state index in [0.29, 0.717) is 6.29 Å². The molecule has 0 aromatic heterocycles. The van der Waals surface area contributed by atoms with Crippen LogP contribution in [0.25, 0.3) is 0 Å². The number of benzene rings is 1. The first kappa shape index (κ1) is 11.6. The van der Waals surface area contributed by atoms with Crippen molar-refractivity contribution in [2.75, 3.05) is 7.11 Å². The number of carbonyl (C=O) groups excluding carboxylic acids is 1. The van der Waals surface area contributed by atoms with Gasteiger partial charge in [0.15, 0.2) is 11.6 Å². The minimum absolute atomic E-state index is 0.136. The molecule has 0 bridgehead atoms. The van der Waals surface area contributed by atoms with Gasteiger partial charge in [-0.15, -0.1) is 0 Å². The van der Waals surface area contributed by atoms with E-state index in [1.807, 2.05) is 0 Å². The van der Waals surface area contributed by atoms with E-state index in [9.17, 15) is 13.6 Å². The summed E-state index contributed by atoms with van der Waals surface area (Å²) in [6, 6.07) is 2.07. The van der Waals surface area contributed by atoms with Crippen molar-refractivity contribution in [3.8, 4) is 5.75 Å². The molecule has 0 spiro atoms. The number of rotatable bonds is 4. The van der Waals surface area contributed by atoms with Gasteiger partial charge in [0.25, 0.3) is 0 Å². The molecule has 0 aliphatic carbocycles. The van der Waals surface area contributed by atoms with E-state index < -0.39 is 11.6 Å². The van der Waals surface area contributed by atoms with Gasteiger partial charge in [-0.1, -0.05) is 6.92 Å². The number of methoxy groups -OCH3 is 1. The molecular weight excluding hydrogens is 202 g/mol. The lowest BCUT2D eigenvalue weighted by atomic mass is 9.97. The fourth-order valence-corrected chi connectivity index (χ4v) is 1.36. The van der Waals surface area contributed by atoms with E-state index in [1.165, 1.54) is 7.11 Å². The standard InChI is InChI=1S/C11H12F2O2/c1-7(3-4-14)9-5-8(12)6-10(15-2)11(9)13/h4-7H,3H2,1-2H3. The summed E-state index contributed by atoms with van der Waals surface area (Å²) >= 11 is 0. The number of carbonyl (C=O) groups is 1. The minimum atomic E-state index is -0.603. The lowest BCUT2D eigenvalue weighted by Gasteiger charge is -2.12. The molecule has 2 nitrogen and oxygen atoms in total. The Balaban J connectivity index is 3.16. The van der Waals surface area contributed by atoms with Crippen molar-refractivity contribution in [1.82, 2.24) is 0 Å². The molecule has 0 amide bonds. The normalized spacial score (nSPS) is 12.3. The molecule has 1 aromatic rings. The van der Waals surface area contributed by atoms with Gasteiger partial charge >= 0.3 is 0 Å². The van der Waals surface area contributed by atoms with Crippen molar-refractivity contribution in [2.45, 2.75) is 19.3 Å². The maximum atomic E-state index is 13.6. The molecule has 4 heteroatoms. The van der Waals surface area contributed by atoms with Gasteiger partial charge in [0.05, 0.1) is 7.11 Å². The molecule has 0 fully saturated rings.